The second-order valence-electron chi connectivity index (χ2n) is 8.44. The Hall–Kier alpha value is -3.51. The number of likely N-dealkylation sites (tertiary alicyclic amines) is 1. The largest absolute Gasteiger partial charge is 0.312 e. The van der Waals surface area contributed by atoms with Gasteiger partial charge in [-0.3, -0.25) is 9.59 Å². The fourth-order valence-electron chi connectivity index (χ4n) is 4.91. The second-order valence-corrected chi connectivity index (χ2v) is 8.44. The smallest absolute Gasteiger partial charge is 0.214 e. The van der Waals surface area contributed by atoms with E-state index in [-0.39, 0.29) is 5.41 Å². The lowest BCUT2D eigenvalue weighted by atomic mass is 9.68. The highest BCUT2D eigenvalue weighted by atomic mass is 16.1. The molecule has 2 heterocycles. The van der Waals surface area contributed by atoms with E-state index < -0.39 is 0 Å². The average molecular weight is 443 g/mol. The van der Waals surface area contributed by atoms with Crippen molar-refractivity contribution >= 4 is 24.3 Å². The van der Waals surface area contributed by atoms with Crippen LogP contribution in [0.15, 0.2) is 79.0 Å². The molecule has 170 valence electrons. The average Bonchev–Trinajstić information content (AvgIpc) is 2.89. The summed E-state index contributed by atoms with van der Waals surface area (Å²) in [6.45, 7) is 3.51. The van der Waals surface area contributed by atoms with E-state index in [1.54, 1.807) is 23.2 Å². The molecule has 1 aliphatic rings. The topological polar surface area (TPSA) is 65.5 Å². The first-order valence-corrected chi connectivity index (χ1v) is 11.5. The van der Waals surface area contributed by atoms with E-state index in [0.717, 1.165) is 45.3 Å². The zero-order valence-electron chi connectivity index (χ0n) is 18.8. The summed E-state index contributed by atoms with van der Waals surface area (Å²) in [5.74, 6) is 0.396. The number of pyridine rings is 1. The Morgan fingerprint density at radius 3 is 2.12 bits per heavy atom. The minimum atomic E-state index is 0.0406. The summed E-state index contributed by atoms with van der Waals surface area (Å²) in [4.78, 5) is 30.8. The number of carbonyl (C=O) groups excluding carboxylic acids is 2. The molecule has 1 N–H and O–H groups in total. The molecule has 0 saturated carbocycles. The van der Waals surface area contributed by atoms with Gasteiger partial charge in [0.25, 0.3) is 0 Å². The molecule has 0 unspecified atom stereocenters. The minimum Gasteiger partial charge on any atom is -0.312 e. The van der Waals surface area contributed by atoms with Crippen molar-refractivity contribution in [2.24, 2.45) is 0 Å². The molecular weight excluding hydrogens is 412 g/mol. The Morgan fingerprint density at radius 2 is 1.55 bits per heavy atom. The molecule has 0 bridgehead atoms. The Labute approximate surface area is 195 Å². The number of benzene rings is 2. The van der Waals surface area contributed by atoms with Gasteiger partial charge in [-0.15, -0.1) is 0 Å². The molecule has 0 atom stereocenters. The maximum Gasteiger partial charge on any atom is 0.214 e. The van der Waals surface area contributed by atoms with Crippen LogP contribution < -0.4 is 10.2 Å². The molecule has 0 radical (unpaired) electrons. The lowest BCUT2D eigenvalue weighted by Gasteiger charge is -2.43. The third-order valence-corrected chi connectivity index (χ3v) is 6.65. The fraction of sp³-hybridized carbons (Fsp3) is 0.296. The van der Waals surface area contributed by atoms with E-state index >= 15 is 0 Å². The maximum absolute atomic E-state index is 11.7. The highest BCUT2D eigenvalue weighted by Crippen LogP contribution is 2.41. The predicted molar refractivity (Wildman–Crippen MR) is 131 cm³/mol. The fourth-order valence-corrected chi connectivity index (χ4v) is 4.91. The number of aromatic nitrogens is 1. The molecule has 1 fully saturated rings. The number of nitrogens with zero attached hydrogens (tertiary/aromatic N) is 3. The van der Waals surface area contributed by atoms with Crippen LogP contribution in [0.3, 0.4) is 0 Å². The summed E-state index contributed by atoms with van der Waals surface area (Å²) < 4.78 is 0. The molecule has 2 aromatic carbocycles. The molecule has 6 nitrogen and oxygen atoms in total. The Balaban J connectivity index is 1.39. The molecule has 6 heteroatoms. The van der Waals surface area contributed by atoms with Gasteiger partial charge in [-0.25, -0.2) is 4.98 Å². The summed E-state index contributed by atoms with van der Waals surface area (Å²) in [6.07, 6.45) is 5.95. The normalized spacial score (nSPS) is 15.5. The van der Waals surface area contributed by atoms with Gasteiger partial charge in [0.1, 0.15) is 0 Å². The van der Waals surface area contributed by atoms with E-state index in [1.165, 1.54) is 11.1 Å². The molecule has 2 amide bonds. The minimum absolute atomic E-state index is 0.0406. The van der Waals surface area contributed by atoms with Crippen molar-refractivity contribution in [3.8, 4) is 0 Å². The van der Waals surface area contributed by atoms with Crippen LogP contribution >= 0.6 is 0 Å². The first kappa shape index (κ1) is 22.7. The molecule has 4 rings (SSSR count). The molecule has 1 saturated heterocycles. The van der Waals surface area contributed by atoms with Crippen molar-refractivity contribution in [1.29, 1.82) is 0 Å². The lowest BCUT2D eigenvalue weighted by molar-refractivity contribution is -0.107. The summed E-state index contributed by atoms with van der Waals surface area (Å²) >= 11 is 0. The molecule has 0 spiro atoms. The van der Waals surface area contributed by atoms with E-state index in [2.05, 4.69) is 75.9 Å². The van der Waals surface area contributed by atoms with Crippen LogP contribution in [0.25, 0.3) is 0 Å². The number of anilines is 2. The van der Waals surface area contributed by atoms with Crippen molar-refractivity contribution < 1.29 is 9.59 Å². The Bertz CT molecular complexity index is 993. The third-order valence-electron chi connectivity index (χ3n) is 6.65. The molecule has 33 heavy (non-hydrogen) atoms. The zero-order valence-corrected chi connectivity index (χ0v) is 18.8. The van der Waals surface area contributed by atoms with E-state index in [4.69, 9.17) is 0 Å². The van der Waals surface area contributed by atoms with Gasteiger partial charge in [0, 0.05) is 18.2 Å². The molecule has 3 aromatic rings. The highest BCUT2D eigenvalue weighted by molar-refractivity contribution is 5.86. The quantitative estimate of drug-likeness (QED) is 0.481. The van der Waals surface area contributed by atoms with Crippen molar-refractivity contribution in [1.82, 2.24) is 9.88 Å². The number of piperidine rings is 1. The van der Waals surface area contributed by atoms with Gasteiger partial charge in [-0.2, -0.15) is 0 Å². The van der Waals surface area contributed by atoms with Crippen molar-refractivity contribution in [2.45, 2.75) is 24.7 Å². The van der Waals surface area contributed by atoms with Crippen LogP contribution in [-0.4, -0.2) is 48.9 Å². The molecular formula is C27H30N4O2. The van der Waals surface area contributed by atoms with Crippen molar-refractivity contribution in [3.63, 3.8) is 0 Å². The van der Waals surface area contributed by atoms with Gasteiger partial charge in [0.2, 0.25) is 12.8 Å². The summed E-state index contributed by atoms with van der Waals surface area (Å²) in [5, 5.41) is 2.57. The predicted octanol–water partition coefficient (Wildman–Crippen LogP) is 4.08. The molecule has 0 aliphatic carbocycles. The summed E-state index contributed by atoms with van der Waals surface area (Å²) in [5.41, 5.74) is 3.42. The first-order valence-electron chi connectivity index (χ1n) is 11.5. The standard InChI is InChI=1S/C27H30N4O2/c32-21-29-26-25(13-7-16-28-26)31(22-33)18-8-17-30-19-14-27(15-20-30,23-9-3-1-4-10-23)24-11-5-2-6-12-24/h1-7,9-13,16,21-22H,8,14-15,17-20H2,(H,28,29,32). The van der Waals surface area contributed by atoms with Gasteiger partial charge in [-0.05, 0) is 62.2 Å². The number of hydrogen-bond donors (Lipinski definition) is 1. The number of hydrogen-bond acceptors (Lipinski definition) is 4. The van der Waals surface area contributed by atoms with Crippen molar-refractivity contribution in [3.05, 3.63) is 90.1 Å². The van der Waals surface area contributed by atoms with Crippen LogP contribution in [-0.2, 0) is 15.0 Å². The van der Waals surface area contributed by atoms with Crippen LogP contribution in [0.5, 0.6) is 0 Å². The number of rotatable bonds is 10. The van der Waals surface area contributed by atoms with Crippen LogP contribution in [0, 0.1) is 0 Å². The maximum atomic E-state index is 11.7. The zero-order chi connectivity index (χ0) is 22.9. The monoisotopic (exact) mass is 442 g/mol. The van der Waals surface area contributed by atoms with E-state index in [9.17, 15) is 9.59 Å². The van der Waals surface area contributed by atoms with E-state index in [0.29, 0.717) is 24.5 Å². The van der Waals surface area contributed by atoms with E-state index in [1.807, 2.05) is 0 Å². The summed E-state index contributed by atoms with van der Waals surface area (Å²) in [6, 6.07) is 25.3. The Kier molecular flexibility index (Phi) is 7.47. The van der Waals surface area contributed by atoms with Gasteiger partial charge >= 0.3 is 0 Å². The summed E-state index contributed by atoms with van der Waals surface area (Å²) in [7, 11) is 0. The van der Waals surface area contributed by atoms with Crippen LogP contribution in [0.4, 0.5) is 11.5 Å². The number of carbonyl (C=O) groups is 2. The Morgan fingerprint density at radius 1 is 0.909 bits per heavy atom. The third kappa shape index (κ3) is 5.12. The first-order chi connectivity index (χ1) is 16.3. The second kappa shape index (κ2) is 10.9. The van der Waals surface area contributed by atoms with Gasteiger partial charge < -0.3 is 15.1 Å². The van der Waals surface area contributed by atoms with Crippen LogP contribution in [0.2, 0.25) is 0 Å². The van der Waals surface area contributed by atoms with Crippen molar-refractivity contribution in [2.75, 3.05) is 36.4 Å². The van der Waals surface area contributed by atoms with Gasteiger partial charge in [0.05, 0.1) is 5.69 Å². The van der Waals surface area contributed by atoms with Gasteiger partial charge in [0.15, 0.2) is 5.82 Å². The number of amides is 2. The molecule has 1 aliphatic heterocycles. The SMILES string of the molecule is O=CNc1ncccc1N(C=O)CCCN1CCC(c2ccccc2)(c2ccccc2)CC1. The highest BCUT2D eigenvalue weighted by Gasteiger charge is 2.37. The lowest BCUT2D eigenvalue weighted by Crippen LogP contribution is -2.44. The van der Waals surface area contributed by atoms with Crippen LogP contribution in [0.1, 0.15) is 30.4 Å². The molecule has 1 aromatic heterocycles. The van der Waals surface area contributed by atoms with Gasteiger partial charge in [-0.1, -0.05) is 60.7 Å². The number of nitrogens with one attached hydrogen (secondary N) is 1.